The van der Waals surface area contributed by atoms with Gasteiger partial charge in [-0.15, -0.1) is 0 Å². The van der Waals surface area contributed by atoms with E-state index < -0.39 is 24.4 Å². The van der Waals surface area contributed by atoms with Crippen LogP contribution < -0.4 is 11.5 Å². The third-order valence-electron chi connectivity index (χ3n) is 1.54. The van der Waals surface area contributed by atoms with E-state index in [1.165, 1.54) is 0 Å². The fourth-order valence-electron chi connectivity index (χ4n) is 0.675. The summed E-state index contributed by atoms with van der Waals surface area (Å²) < 4.78 is 0. The molecular weight excluding hydrogens is 164 g/mol. The Balaban J connectivity index is 4.07. The summed E-state index contributed by atoms with van der Waals surface area (Å²) in [6.45, 7) is -0.205. The summed E-state index contributed by atoms with van der Waals surface area (Å²) in [5.74, 6) is 0. The van der Waals surface area contributed by atoms with Gasteiger partial charge in [0.25, 0.3) is 0 Å². The molecule has 0 rings (SSSR count). The van der Waals surface area contributed by atoms with Crippen LogP contribution in [0.5, 0.6) is 0 Å². The maximum Gasteiger partial charge on any atom is 0.139 e. The Morgan fingerprint density at radius 1 is 1.25 bits per heavy atom. The van der Waals surface area contributed by atoms with Crippen molar-refractivity contribution in [2.24, 2.45) is 11.5 Å². The van der Waals surface area contributed by atoms with Gasteiger partial charge in [0.15, 0.2) is 0 Å². The van der Waals surface area contributed by atoms with E-state index in [1.807, 2.05) is 0 Å². The molecule has 0 radical (unpaired) electrons. The molecule has 0 aromatic rings. The Labute approximate surface area is 69.8 Å². The predicted molar refractivity (Wildman–Crippen MR) is 41.1 cm³/mol. The van der Waals surface area contributed by atoms with Gasteiger partial charge in [0.05, 0.1) is 12.1 Å². The van der Waals surface area contributed by atoms with Crippen molar-refractivity contribution >= 4 is 6.29 Å². The molecule has 0 saturated heterocycles. The molecule has 6 nitrogen and oxygen atoms in total. The van der Waals surface area contributed by atoms with Crippen LogP contribution in [-0.4, -0.2) is 52.5 Å². The molecule has 0 aliphatic heterocycles. The fraction of sp³-hybridized carbons (Fsp3) is 0.833. The highest BCUT2D eigenvalue weighted by atomic mass is 16.4. The number of rotatable bonds is 5. The molecule has 6 heteroatoms. The van der Waals surface area contributed by atoms with Crippen LogP contribution >= 0.6 is 0 Å². The van der Waals surface area contributed by atoms with E-state index in [-0.39, 0.29) is 12.8 Å². The monoisotopic (exact) mass is 178 g/mol. The van der Waals surface area contributed by atoms with Crippen molar-refractivity contribution in [2.75, 3.05) is 6.54 Å². The zero-order valence-electron chi connectivity index (χ0n) is 6.50. The molecular formula is C6H14N2O4. The maximum atomic E-state index is 10.1. The minimum Gasteiger partial charge on any atom is -0.389 e. The number of hydrogen-bond donors (Lipinski definition) is 5. The fourth-order valence-corrected chi connectivity index (χ4v) is 0.675. The number of aliphatic hydroxyl groups excluding tert-OH is 3. The van der Waals surface area contributed by atoms with Gasteiger partial charge in [-0.2, -0.15) is 0 Å². The smallest absolute Gasteiger partial charge is 0.139 e. The standard InChI is InChI=1S/C6H14N2O4/c7-1-4(10)6(12)5(11)3(8)2-9/h2-6,10-12H,1,7-8H2/t3-,4-,5+,6+/m0/s1. The van der Waals surface area contributed by atoms with Crippen LogP contribution in [0.1, 0.15) is 0 Å². The second-order valence-electron chi connectivity index (χ2n) is 2.50. The number of hydrogen-bond acceptors (Lipinski definition) is 6. The highest BCUT2D eigenvalue weighted by Gasteiger charge is 2.28. The third kappa shape index (κ3) is 2.84. The highest BCUT2D eigenvalue weighted by Crippen LogP contribution is 2.01. The van der Waals surface area contributed by atoms with Gasteiger partial charge in [0.1, 0.15) is 18.5 Å². The normalized spacial score (nSPS) is 21.1. The summed E-state index contributed by atoms with van der Waals surface area (Å²) >= 11 is 0. The van der Waals surface area contributed by atoms with Crippen molar-refractivity contribution in [1.29, 1.82) is 0 Å². The van der Waals surface area contributed by atoms with Crippen LogP contribution in [0.4, 0.5) is 0 Å². The molecule has 0 amide bonds. The molecule has 12 heavy (non-hydrogen) atoms. The number of aldehydes is 1. The van der Waals surface area contributed by atoms with Gasteiger partial charge >= 0.3 is 0 Å². The van der Waals surface area contributed by atoms with E-state index in [4.69, 9.17) is 26.8 Å². The zero-order valence-corrected chi connectivity index (χ0v) is 6.50. The Morgan fingerprint density at radius 3 is 2.08 bits per heavy atom. The topological polar surface area (TPSA) is 130 Å². The Kier molecular flexibility index (Phi) is 4.95. The van der Waals surface area contributed by atoms with Crippen LogP contribution in [0.15, 0.2) is 0 Å². The summed E-state index contributed by atoms with van der Waals surface area (Å²) in [7, 11) is 0. The molecule has 72 valence electrons. The molecule has 0 aliphatic carbocycles. The molecule has 7 N–H and O–H groups in total. The Bertz CT molecular complexity index is 144. The lowest BCUT2D eigenvalue weighted by molar-refractivity contribution is -0.116. The lowest BCUT2D eigenvalue weighted by Crippen LogP contribution is -2.50. The van der Waals surface area contributed by atoms with E-state index in [0.717, 1.165) is 0 Å². The first kappa shape index (κ1) is 11.5. The summed E-state index contributed by atoms with van der Waals surface area (Å²) in [6.07, 6.45) is -3.96. The predicted octanol–water partition coefficient (Wildman–Crippen LogP) is -3.45. The van der Waals surface area contributed by atoms with Crippen LogP contribution in [-0.2, 0) is 4.79 Å². The van der Waals surface area contributed by atoms with Crippen molar-refractivity contribution in [3.63, 3.8) is 0 Å². The minimum absolute atomic E-state index is 0.205. The molecule has 0 saturated carbocycles. The van der Waals surface area contributed by atoms with Gasteiger partial charge in [-0.25, -0.2) is 0 Å². The molecule has 0 aromatic heterocycles. The van der Waals surface area contributed by atoms with Crippen LogP contribution in [0.3, 0.4) is 0 Å². The first-order valence-corrected chi connectivity index (χ1v) is 3.49. The Morgan fingerprint density at radius 2 is 1.75 bits per heavy atom. The second kappa shape index (κ2) is 5.18. The second-order valence-corrected chi connectivity index (χ2v) is 2.50. The SMILES string of the molecule is NC[C@H](O)[C@@H](O)[C@H](O)[C@@H](N)C=O. The van der Waals surface area contributed by atoms with E-state index in [9.17, 15) is 4.79 Å². The van der Waals surface area contributed by atoms with Gasteiger partial charge in [-0.3, -0.25) is 0 Å². The van der Waals surface area contributed by atoms with Gasteiger partial charge < -0.3 is 31.6 Å². The Hall–Kier alpha value is -0.530. The molecule has 0 heterocycles. The number of aliphatic hydroxyl groups is 3. The van der Waals surface area contributed by atoms with Gasteiger partial charge in [-0.05, 0) is 0 Å². The van der Waals surface area contributed by atoms with Crippen molar-refractivity contribution in [1.82, 2.24) is 0 Å². The van der Waals surface area contributed by atoms with Gasteiger partial charge in [0.2, 0.25) is 0 Å². The number of carbonyl (C=O) groups excluding carboxylic acids is 1. The van der Waals surface area contributed by atoms with Crippen molar-refractivity contribution in [3.05, 3.63) is 0 Å². The summed E-state index contributed by atoms with van der Waals surface area (Å²) in [6, 6.07) is -1.21. The zero-order chi connectivity index (χ0) is 9.72. The summed E-state index contributed by atoms with van der Waals surface area (Å²) in [4.78, 5) is 10.1. The highest BCUT2D eigenvalue weighted by molar-refractivity contribution is 5.58. The van der Waals surface area contributed by atoms with E-state index >= 15 is 0 Å². The van der Waals surface area contributed by atoms with Gasteiger partial charge in [-0.1, -0.05) is 0 Å². The van der Waals surface area contributed by atoms with Crippen molar-refractivity contribution in [3.8, 4) is 0 Å². The summed E-state index contributed by atoms with van der Waals surface area (Å²) in [5.41, 5.74) is 10.1. The largest absolute Gasteiger partial charge is 0.389 e. The minimum atomic E-state index is -1.49. The lowest BCUT2D eigenvalue weighted by atomic mass is 10.0. The van der Waals surface area contributed by atoms with Crippen molar-refractivity contribution < 1.29 is 20.1 Å². The molecule has 0 fully saturated rings. The van der Waals surface area contributed by atoms with E-state index in [1.54, 1.807) is 0 Å². The molecule has 0 bridgehead atoms. The van der Waals surface area contributed by atoms with Crippen LogP contribution in [0.2, 0.25) is 0 Å². The first-order chi connectivity index (χ1) is 5.54. The van der Waals surface area contributed by atoms with Gasteiger partial charge in [0, 0.05) is 6.54 Å². The average molecular weight is 178 g/mol. The number of carbonyl (C=O) groups is 1. The summed E-state index contributed by atoms with van der Waals surface area (Å²) in [5, 5.41) is 27.1. The first-order valence-electron chi connectivity index (χ1n) is 3.49. The molecule has 0 aromatic carbocycles. The molecule has 0 aliphatic rings. The van der Waals surface area contributed by atoms with E-state index in [0.29, 0.717) is 0 Å². The van der Waals surface area contributed by atoms with Crippen LogP contribution in [0.25, 0.3) is 0 Å². The molecule has 0 spiro atoms. The number of nitrogens with two attached hydrogens (primary N) is 2. The third-order valence-corrected chi connectivity index (χ3v) is 1.54. The lowest BCUT2D eigenvalue weighted by Gasteiger charge is -2.23. The quantitative estimate of drug-likeness (QED) is 0.278. The van der Waals surface area contributed by atoms with Crippen molar-refractivity contribution in [2.45, 2.75) is 24.4 Å². The average Bonchev–Trinajstić information content (AvgIpc) is 2.12. The van der Waals surface area contributed by atoms with E-state index in [2.05, 4.69) is 0 Å². The maximum absolute atomic E-state index is 10.1. The molecule has 4 atom stereocenters. The molecule has 0 unspecified atom stereocenters. The van der Waals surface area contributed by atoms with Crippen LogP contribution in [0, 0.1) is 0 Å².